The molecule has 0 aliphatic rings. The van der Waals surface area contributed by atoms with Crippen LogP contribution in [0.1, 0.15) is 11.1 Å². The van der Waals surface area contributed by atoms with Crippen molar-refractivity contribution in [1.29, 1.82) is 0 Å². The van der Waals surface area contributed by atoms with Crippen LogP contribution in [0, 0.1) is 13.8 Å². The molecular weight excluding hydrogens is 359 g/mol. The van der Waals surface area contributed by atoms with Crippen molar-refractivity contribution in [3.05, 3.63) is 83.9 Å². The van der Waals surface area contributed by atoms with Crippen LogP contribution in [0.5, 0.6) is 0 Å². The Morgan fingerprint density at radius 2 is 0.957 bits per heavy atom. The van der Waals surface area contributed by atoms with E-state index in [2.05, 4.69) is 86.6 Å². The Bertz CT molecular complexity index is 705. The second-order valence-corrected chi connectivity index (χ2v) is 5.32. The van der Waals surface area contributed by atoms with Crippen molar-refractivity contribution in [2.75, 3.05) is 0 Å². The fourth-order valence-corrected chi connectivity index (χ4v) is 2.61. The van der Waals surface area contributed by atoms with Gasteiger partial charge in [-0.15, -0.1) is 81.2 Å². The van der Waals surface area contributed by atoms with E-state index in [-0.39, 0.29) is 46.5 Å². The van der Waals surface area contributed by atoms with Crippen LogP contribution >= 0.6 is 0 Å². The largest absolute Gasteiger partial charge is 4.00 e. The molecule has 0 fully saturated rings. The SMILES string of the molecule is Cc1cc2ccccc2[cH-]1.Cc1cc2ccccc2[cH-]1.[Cl-].[Cl-].[Ti+4]. The molecule has 0 unspecified atom stereocenters. The zero-order valence-corrected chi connectivity index (χ0v) is 16.3. The Morgan fingerprint density at radius 1 is 0.609 bits per heavy atom. The number of aryl methyl sites for hydroxylation is 2. The van der Waals surface area contributed by atoms with Gasteiger partial charge in [-0.2, -0.15) is 12.1 Å². The molecule has 4 rings (SSSR count). The van der Waals surface area contributed by atoms with Gasteiger partial charge in [0, 0.05) is 0 Å². The van der Waals surface area contributed by atoms with Crippen LogP contribution in [0.2, 0.25) is 0 Å². The summed E-state index contributed by atoms with van der Waals surface area (Å²) in [6, 6.07) is 25.7. The van der Waals surface area contributed by atoms with Crippen molar-refractivity contribution >= 4 is 21.5 Å². The monoisotopic (exact) mass is 376 g/mol. The van der Waals surface area contributed by atoms with E-state index in [9.17, 15) is 0 Å². The molecule has 116 valence electrons. The van der Waals surface area contributed by atoms with E-state index in [0.29, 0.717) is 0 Å². The van der Waals surface area contributed by atoms with Gasteiger partial charge in [-0.3, -0.25) is 0 Å². The molecule has 0 atom stereocenters. The molecule has 0 aliphatic carbocycles. The van der Waals surface area contributed by atoms with Gasteiger partial charge in [-0.05, 0) is 0 Å². The molecule has 0 N–H and O–H groups in total. The Morgan fingerprint density at radius 3 is 1.30 bits per heavy atom. The number of hydrogen-bond acceptors (Lipinski definition) is 0. The molecule has 23 heavy (non-hydrogen) atoms. The summed E-state index contributed by atoms with van der Waals surface area (Å²) in [6.45, 7) is 4.25. The van der Waals surface area contributed by atoms with Crippen LogP contribution in [0.25, 0.3) is 21.5 Å². The molecule has 0 saturated carbocycles. The van der Waals surface area contributed by atoms with Crippen LogP contribution in [0.3, 0.4) is 0 Å². The molecule has 0 radical (unpaired) electrons. The number of benzene rings is 2. The first kappa shape index (κ1) is 22.0. The average molecular weight is 377 g/mol. The van der Waals surface area contributed by atoms with Crippen molar-refractivity contribution in [2.24, 2.45) is 0 Å². The van der Waals surface area contributed by atoms with Gasteiger partial charge in [0.15, 0.2) is 0 Å². The Labute approximate surface area is 165 Å². The molecule has 0 heterocycles. The summed E-state index contributed by atoms with van der Waals surface area (Å²) in [6.07, 6.45) is 0. The predicted octanol–water partition coefficient (Wildman–Crippen LogP) is -0.260. The van der Waals surface area contributed by atoms with E-state index in [4.69, 9.17) is 0 Å². The van der Waals surface area contributed by atoms with Crippen LogP contribution in [-0.2, 0) is 21.7 Å². The van der Waals surface area contributed by atoms with Gasteiger partial charge >= 0.3 is 21.7 Å². The molecule has 0 bridgehead atoms. The molecule has 0 saturated heterocycles. The Balaban J connectivity index is 0.000000372. The van der Waals surface area contributed by atoms with Gasteiger partial charge in [-0.1, -0.05) is 26.0 Å². The molecule has 4 aromatic rings. The molecular formula is C20H18Cl2Ti. The minimum absolute atomic E-state index is 0. The van der Waals surface area contributed by atoms with E-state index < -0.39 is 0 Å². The topological polar surface area (TPSA) is 0 Å². The minimum Gasteiger partial charge on any atom is -1.00 e. The molecule has 0 aromatic heterocycles. The van der Waals surface area contributed by atoms with E-state index in [1.807, 2.05) is 0 Å². The van der Waals surface area contributed by atoms with Crippen molar-refractivity contribution in [3.63, 3.8) is 0 Å². The predicted molar refractivity (Wildman–Crippen MR) is 88.6 cm³/mol. The third-order valence-corrected chi connectivity index (χ3v) is 3.52. The average Bonchev–Trinajstić information content (AvgIpc) is 2.99. The molecule has 3 heteroatoms. The Hall–Kier alpha value is -1.05. The number of halogens is 2. The van der Waals surface area contributed by atoms with Crippen molar-refractivity contribution in [3.8, 4) is 0 Å². The fraction of sp³-hybridized carbons (Fsp3) is 0.100. The van der Waals surface area contributed by atoms with E-state index >= 15 is 0 Å². The van der Waals surface area contributed by atoms with E-state index in [1.54, 1.807) is 0 Å². The standard InChI is InChI=1S/2C10H9.2ClH.Ti/c2*1-8-6-9-4-2-3-5-10(9)7-8;;;/h2*2-7H,1H3;2*1H;/q2*-1;;;+4/p-2. The summed E-state index contributed by atoms with van der Waals surface area (Å²) in [4.78, 5) is 0. The maximum atomic E-state index is 2.20. The summed E-state index contributed by atoms with van der Waals surface area (Å²) in [5.74, 6) is 0. The van der Waals surface area contributed by atoms with Crippen LogP contribution in [0.4, 0.5) is 0 Å². The summed E-state index contributed by atoms with van der Waals surface area (Å²) in [5, 5.41) is 5.39. The van der Waals surface area contributed by atoms with Gasteiger partial charge in [0.05, 0.1) is 0 Å². The zero-order chi connectivity index (χ0) is 13.9. The molecule has 0 nitrogen and oxygen atoms in total. The maximum Gasteiger partial charge on any atom is 4.00 e. The van der Waals surface area contributed by atoms with Gasteiger partial charge < -0.3 is 24.8 Å². The van der Waals surface area contributed by atoms with E-state index in [1.165, 1.54) is 32.7 Å². The Kier molecular flexibility index (Phi) is 9.50. The minimum atomic E-state index is 0. The van der Waals surface area contributed by atoms with Crippen LogP contribution in [-0.4, -0.2) is 0 Å². The third kappa shape index (κ3) is 5.51. The number of fused-ring (bicyclic) bond motifs is 2. The number of hydrogen-bond donors (Lipinski definition) is 0. The number of rotatable bonds is 0. The second-order valence-electron chi connectivity index (χ2n) is 5.32. The zero-order valence-electron chi connectivity index (χ0n) is 13.2. The quantitative estimate of drug-likeness (QED) is 0.293. The normalized spacial score (nSPS) is 9.13. The first-order chi connectivity index (χ1) is 9.72. The first-order valence-electron chi connectivity index (χ1n) is 6.96. The summed E-state index contributed by atoms with van der Waals surface area (Å²) < 4.78 is 0. The van der Waals surface area contributed by atoms with Gasteiger partial charge in [0.2, 0.25) is 0 Å². The van der Waals surface area contributed by atoms with Crippen molar-refractivity contribution < 1.29 is 46.5 Å². The maximum absolute atomic E-state index is 2.20. The summed E-state index contributed by atoms with van der Waals surface area (Å²) in [7, 11) is 0. The molecule has 0 amide bonds. The molecule has 0 aliphatic heterocycles. The van der Waals surface area contributed by atoms with Crippen LogP contribution < -0.4 is 24.8 Å². The smallest absolute Gasteiger partial charge is 1.00 e. The van der Waals surface area contributed by atoms with Gasteiger partial charge in [0.25, 0.3) is 0 Å². The van der Waals surface area contributed by atoms with Crippen molar-refractivity contribution in [2.45, 2.75) is 13.8 Å². The van der Waals surface area contributed by atoms with Gasteiger partial charge in [-0.25, -0.2) is 0 Å². The summed E-state index contributed by atoms with van der Waals surface area (Å²) in [5.41, 5.74) is 2.70. The second kappa shape index (κ2) is 9.95. The van der Waals surface area contributed by atoms with Crippen molar-refractivity contribution in [1.82, 2.24) is 0 Å². The fourth-order valence-electron chi connectivity index (χ4n) is 2.61. The third-order valence-electron chi connectivity index (χ3n) is 3.52. The van der Waals surface area contributed by atoms with Gasteiger partial charge in [0.1, 0.15) is 0 Å². The molecule has 4 aromatic carbocycles. The summed E-state index contributed by atoms with van der Waals surface area (Å²) >= 11 is 0. The van der Waals surface area contributed by atoms with E-state index in [0.717, 1.165) is 0 Å². The van der Waals surface area contributed by atoms with Crippen LogP contribution in [0.15, 0.2) is 72.8 Å². The first-order valence-corrected chi connectivity index (χ1v) is 6.96. The molecule has 0 spiro atoms.